The smallest absolute Gasteiger partial charge is 0.227 e. The number of hydrogen-bond acceptors (Lipinski definition) is 6. The van der Waals surface area contributed by atoms with E-state index in [-0.39, 0.29) is 44.3 Å². The highest BCUT2D eigenvalue weighted by molar-refractivity contribution is 6.42. The molecule has 0 spiro atoms. The van der Waals surface area contributed by atoms with Gasteiger partial charge in [0.15, 0.2) is 0 Å². The number of rotatable bonds is 12. The molecule has 7 nitrogen and oxygen atoms in total. The number of ether oxygens (including phenoxy) is 2. The summed E-state index contributed by atoms with van der Waals surface area (Å²) in [5.41, 5.74) is 1.79. The summed E-state index contributed by atoms with van der Waals surface area (Å²) in [6, 6.07) is 12.7. The first-order valence-electron chi connectivity index (χ1n) is 11.4. The number of aliphatic hydroxyl groups is 2. The highest BCUT2D eigenvalue weighted by Gasteiger charge is 2.29. The summed E-state index contributed by atoms with van der Waals surface area (Å²) in [5, 5.41) is 18.9. The maximum atomic E-state index is 13.2. The molecule has 1 heterocycles. The Kier molecular flexibility index (Phi) is 10.4. The summed E-state index contributed by atoms with van der Waals surface area (Å²) in [4.78, 5) is 17.3. The predicted molar refractivity (Wildman–Crippen MR) is 133 cm³/mol. The Bertz CT molecular complexity index is 928. The molecule has 34 heavy (non-hydrogen) atoms. The van der Waals surface area contributed by atoms with Crippen LogP contribution in [0.25, 0.3) is 0 Å². The van der Waals surface area contributed by atoms with Gasteiger partial charge in [-0.2, -0.15) is 0 Å². The van der Waals surface area contributed by atoms with Crippen LogP contribution in [0.15, 0.2) is 42.5 Å². The van der Waals surface area contributed by atoms with Crippen molar-refractivity contribution in [1.82, 2.24) is 9.80 Å². The first kappa shape index (κ1) is 26.7. The molecule has 2 aromatic carbocycles. The molecule has 9 heteroatoms. The molecule has 1 aliphatic heterocycles. The Hall–Kier alpha value is -1.87. The van der Waals surface area contributed by atoms with Crippen molar-refractivity contribution in [3.63, 3.8) is 0 Å². The van der Waals surface area contributed by atoms with Gasteiger partial charge in [0.2, 0.25) is 5.91 Å². The molecule has 1 amide bonds. The van der Waals surface area contributed by atoms with E-state index < -0.39 is 0 Å². The Morgan fingerprint density at radius 3 is 2.53 bits per heavy atom. The zero-order valence-corrected chi connectivity index (χ0v) is 20.8. The fourth-order valence-corrected chi connectivity index (χ4v) is 4.41. The molecule has 0 saturated carbocycles. The van der Waals surface area contributed by atoms with Crippen LogP contribution in [0.1, 0.15) is 23.6 Å². The van der Waals surface area contributed by atoms with Crippen molar-refractivity contribution in [2.45, 2.75) is 25.0 Å². The van der Waals surface area contributed by atoms with E-state index in [0.29, 0.717) is 28.9 Å². The van der Waals surface area contributed by atoms with Crippen LogP contribution in [0, 0.1) is 0 Å². The van der Waals surface area contributed by atoms with Gasteiger partial charge < -0.3 is 24.6 Å². The molecule has 1 saturated heterocycles. The van der Waals surface area contributed by atoms with Gasteiger partial charge in [-0.05, 0) is 41.8 Å². The van der Waals surface area contributed by atoms with Crippen LogP contribution in [0.2, 0.25) is 10.0 Å². The van der Waals surface area contributed by atoms with Gasteiger partial charge >= 0.3 is 0 Å². The number of carbonyl (C=O) groups is 1. The van der Waals surface area contributed by atoms with Crippen molar-refractivity contribution in [2.75, 3.05) is 53.1 Å². The highest BCUT2D eigenvalue weighted by Crippen LogP contribution is 2.27. The van der Waals surface area contributed by atoms with Crippen LogP contribution in [0.4, 0.5) is 0 Å². The number of likely N-dealkylation sites (tertiary alicyclic amines) is 1. The summed E-state index contributed by atoms with van der Waals surface area (Å²) in [6.45, 7) is 2.79. The van der Waals surface area contributed by atoms with Crippen LogP contribution >= 0.6 is 23.2 Å². The lowest BCUT2D eigenvalue weighted by Gasteiger charge is -2.32. The van der Waals surface area contributed by atoms with Gasteiger partial charge in [-0.25, -0.2) is 0 Å². The lowest BCUT2D eigenvalue weighted by atomic mass is 10.0. The van der Waals surface area contributed by atoms with Gasteiger partial charge in [-0.1, -0.05) is 41.4 Å². The van der Waals surface area contributed by atoms with Gasteiger partial charge in [0, 0.05) is 26.7 Å². The van der Waals surface area contributed by atoms with Crippen LogP contribution < -0.4 is 4.74 Å². The second kappa shape index (κ2) is 13.3. The van der Waals surface area contributed by atoms with Crippen LogP contribution in [-0.2, 0) is 16.0 Å². The lowest BCUT2D eigenvalue weighted by molar-refractivity contribution is -0.131. The van der Waals surface area contributed by atoms with Gasteiger partial charge in [0.1, 0.15) is 12.4 Å². The normalized spacial score (nSPS) is 17.0. The average Bonchev–Trinajstić information content (AvgIpc) is 3.29. The number of hydrogen-bond donors (Lipinski definition) is 2. The van der Waals surface area contributed by atoms with E-state index in [1.807, 2.05) is 37.4 Å². The number of carbonyl (C=O) groups excluding carboxylic acids is 1. The summed E-state index contributed by atoms with van der Waals surface area (Å²) in [5.74, 6) is 0.635. The summed E-state index contributed by atoms with van der Waals surface area (Å²) >= 11 is 12.1. The van der Waals surface area contributed by atoms with Crippen LogP contribution in [0.3, 0.4) is 0 Å². The lowest BCUT2D eigenvalue weighted by Crippen LogP contribution is -2.39. The first-order chi connectivity index (χ1) is 16.4. The largest absolute Gasteiger partial charge is 0.491 e. The maximum Gasteiger partial charge on any atom is 0.227 e. The Morgan fingerprint density at radius 1 is 1.12 bits per heavy atom. The molecule has 1 fully saturated rings. The zero-order valence-electron chi connectivity index (χ0n) is 19.3. The van der Waals surface area contributed by atoms with Crippen LogP contribution in [-0.4, -0.2) is 85.1 Å². The minimum atomic E-state index is -0.182. The zero-order chi connectivity index (χ0) is 24.5. The molecule has 0 bridgehead atoms. The van der Waals surface area contributed by atoms with Gasteiger partial charge in [0.05, 0.1) is 48.4 Å². The van der Waals surface area contributed by atoms with E-state index in [1.54, 1.807) is 17.0 Å². The molecular weight excluding hydrogens is 479 g/mol. The minimum Gasteiger partial charge on any atom is -0.491 e. The van der Waals surface area contributed by atoms with Crippen molar-refractivity contribution >= 4 is 29.1 Å². The number of aliphatic hydroxyl groups excluding tert-OH is 2. The molecule has 186 valence electrons. The van der Waals surface area contributed by atoms with E-state index in [2.05, 4.69) is 4.90 Å². The fourth-order valence-electron chi connectivity index (χ4n) is 4.09. The van der Waals surface area contributed by atoms with E-state index in [9.17, 15) is 4.79 Å². The molecule has 2 aromatic rings. The van der Waals surface area contributed by atoms with E-state index in [0.717, 1.165) is 30.6 Å². The van der Waals surface area contributed by atoms with Gasteiger partial charge in [-0.3, -0.25) is 9.69 Å². The monoisotopic (exact) mass is 510 g/mol. The molecule has 0 unspecified atom stereocenters. The predicted octanol–water partition coefficient (Wildman–Crippen LogP) is 3.19. The average molecular weight is 511 g/mol. The van der Waals surface area contributed by atoms with Crippen LogP contribution in [0.5, 0.6) is 5.75 Å². The molecule has 2 N–H and O–H groups in total. The third kappa shape index (κ3) is 7.57. The summed E-state index contributed by atoms with van der Waals surface area (Å²) < 4.78 is 11.2. The minimum absolute atomic E-state index is 0.00970. The number of benzene rings is 2. The Labute approximate surface area is 210 Å². The van der Waals surface area contributed by atoms with Crippen molar-refractivity contribution in [3.05, 3.63) is 63.6 Å². The molecule has 2 atom stereocenters. The van der Waals surface area contributed by atoms with Gasteiger partial charge in [0.25, 0.3) is 0 Å². The third-order valence-corrected chi connectivity index (χ3v) is 6.67. The fraction of sp³-hybridized carbons (Fsp3) is 0.480. The SMILES string of the molecule is CN(C(=O)Cc1ccc(Cl)c(Cl)c1)[C@H](CN1CC[C@H](OCCO)C1)c1ccc(OCCO)cc1. The topological polar surface area (TPSA) is 82.5 Å². The Balaban J connectivity index is 1.74. The summed E-state index contributed by atoms with van der Waals surface area (Å²) in [7, 11) is 1.82. The second-order valence-electron chi connectivity index (χ2n) is 8.35. The Morgan fingerprint density at radius 2 is 1.85 bits per heavy atom. The van der Waals surface area contributed by atoms with E-state index >= 15 is 0 Å². The summed E-state index contributed by atoms with van der Waals surface area (Å²) in [6.07, 6.45) is 1.19. The maximum absolute atomic E-state index is 13.2. The number of halogens is 2. The van der Waals surface area contributed by atoms with Crippen molar-refractivity contribution in [2.24, 2.45) is 0 Å². The molecule has 0 aromatic heterocycles. The quantitative estimate of drug-likeness (QED) is 0.456. The molecule has 0 aliphatic carbocycles. The second-order valence-corrected chi connectivity index (χ2v) is 9.17. The molecular formula is C25H32Cl2N2O5. The van der Waals surface area contributed by atoms with Crippen molar-refractivity contribution in [1.29, 1.82) is 0 Å². The first-order valence-corrected chi connectivity index (χ1v) is 12.1. The highest BCUT2D eigenvalue weighted by atomic mass is 35.5. The molecule has 0 radical (unpaired) electrons. The van der Waals surface area contributed by atoms with E-state index in [4.69, 9.17) is 42.9 Å². The number of nitrogens with zero attached hydrogens (tertiary/aromatic N) is 2. The molecule has 3 rings (SSSR count). The van der Waals surface area contributed by atoms with E-state index in [1.165, 1.54) is 0 Å². The van der Waals surface area contributed by atoms with Gasteiger partial charge in [-0.15, -0.1) is 0 Å². The molecule has 1 aliphatic rings. The number of likely N-dealkylation sites (N-methyl/N-ethyl adjacent to an activating group) is 1. The van der Waals surface area contributed by atoms with Crippen molar-refractivity contribution < 1.29 is 24.5 Å². The third-order valence-electron chi connectivity index (χ3n) is 5.93. The van der Waals surface area contributed by atoms with Crippen molar-refractivity contribution in [3.8, 4) is 5.75 Å². The standard InChI is InChI=1S/C25H32Cl2N2O5/c1-28(25(32)15-18-2-7-22(26)23(27)14-18)24(17-29-9-8-21(16-29)34-13-11-31)19-3-5-20(6-4-19)33-12-10-30/h2-7,14,21,24,30-31H,8-13,15-17H2,1H3/t21-,24+/m0/s1. The number of amides is 1.